The number of hydrogen-bond donors (Lipinski definition) is 4. The van der Waals surface area contributed by atoms with E-state index in [2.05, 4.69) is 10.3 Å². The zero-order valence-corrected chi connectivity index (χ0v) is 12.4. The third-order valence-corrected chi connectivity index (χ3v) is 2.57. The van der Waals surface area contributed by atoms with Gasteiger partial charge < -0.3 is 25.4 Å². The van der Waals surface area contributed by atoms with Gasteiger partial charge in [0, 0.05) is 18.3 Å². The first-order valence-electron chi connectivity index (χ1n) is 6.61. The summed E-state index contributed by atoms with van der Waals surface area (Å²) in [5.41, 5.74) is 0.232. The second kappa shape index (κ2) is 7.35. The van der Waals surface area contributed by atoms with Crippen LogP contribution >= 0.6 is 0 Å². The Morgan fingerprint density at radius 1 is 1.38 bits per heavy atom. The molecule has 1 aromatic heterocycles. The molecule has 4 N–H and O–H groups in total. The second-order valence-electron chi connectivity index (χ2n) is 5.64. The number of nitrogens with zero attached hydrogens (tertiary/aromatic N) is 1. The second-order valence-corrected chi connectivity index (χ2v) is 5.64. The molecule has 0 fully saturated rings. The number of aliphatic hydroxyl groups excluding tert-OH is 3. The monoisotopic (exact) mass is 298 g/mol. The van der Waals surface area contributed by atoms with E-state index < -0.39 is 23.9 Å². The van der Waals surface area contributed by atoms with Gasteiger partial charge in [-0.2, -0.15) is 0 Å². The molecule has 0 aliphatic rings. The maximum absolute atomic E-state index is 11.4. The Morgan fingerprint density at radius 3 is 2.52 bits per heavy atom. The number of alkyl carbamates (subject to hydrolysis) is 1. The molecular weight excluding hydrogens is 276 g/mol. The highest BCUT2D eigenvalue weighted by Gasteiger charge is 2.21. The van der Waals surface area contributed by atoms with Crippen LogP contribution in [-0.4, -0.2) is 44.6 Å². The third-order valence-electron chi connectivity index (χ3n) is 2.57. The van der Waals surface area contributed by atoms with Gasteiger partial charge in [0.05, 0.1) is 12.3 Å². The van der Waals surface area contributed by atoms with Crippen molar-refractivity contribution < 1.29 is 24.9 Å². The summed E-state index contributed by atoms with van der Waals surface area (Å²) < 4.78 is 5.02. The number of pyridine rings is 1. The van der Waals surface area contributed by atoms with Crippen LogP contribution < -0.4 is 5.32 Å². The Kier molecular flexibility index (Phi) is 6.07. The lowest BCUT2D eigenvalue weighted by Gasteiger charge is -2.22. The molecule has 0 bridgehead atoms. The van der Waals surface area contributed by atoms with Crippen molar-refractivity contribution in [2.75, 3.05) is 6.54 Å². The average Bonchev–Trinajstić information content (AvgIpc) is 2.42. The molecule has 1 amide bonds. The van der Waals surface area contributed by atoms with Crippen LogP contribution in [0.3, 0.4) is 0 Å². The lowest BCUT2D eigenvalue weighted by molar-refractivity contribution is 0.0127. The number of ether oxygens (including phenoxy) is 1. The molecule has 21 heavy (non-hydrogen) atoms. The van der Waals surface area contributed by atoms with Crippen molar-refractivity contribution in [1.82, 2.24) is 10.3 Å². The molecule has 0 saturated carbocycles. The van der Waals surface area contributed by atoms with Gasteiger partial charge in [-0.05, 0) is 26.8 Å². The first kappa shape index (κ1) is 17.4. The molecule has 0 radical (unpaired) electrons. The average molecular weight is 298 g/mol. The van der Waals surface area contributed by atoms with Crippen LogP contribution in [0, 0.1) is 0 Å². The molecule has 0 saturated heterocycles. The maximum Gasteiger partial charge on any atom is 0.407 e. The minimum absolute atomic E-state index is 0.155. The minimum Gasteiger partial charge on any atom is -0.444 e. The minimum atomic E-state index is -1.20. The van der Waals surface area contributed by atoms with Gasteiger partial charge in [0.2, 0.25) is 0 Å². The normalized spacial score (nSPS) is 14.4. The van der Waals surface area contributed by atoms with Gasteiger partial charge in [0.15, 0.2) is 0 Å². The van der Waals surface area contributed by atoms with Gasteiger partial charge in [0.1, 0.15) is 17.8 Å². The number of carbonyl (C=O) groups excluding carboxylic acids is 1. The lowest BCUT2D eigenvalue weighted by atomic mass is 10.1. The fourth-order valence-corrected chi connectivity index (χ4v) is 1.54. The van der Waals surface area contributed by atoms with Gasteiger partial charge in [-0.25, -0.2) is 4.79 Å². The predicted octanol–water partition coefficient (Wildman–Crippen LogP) is 0.493. The fraction of sp³-hybridized carbons (Fsp3) is 0.571. The molecule has 1 rings (SSSR count). The first-order valence-corrected chi connectivity index (χ1v) is 6.61. The van der Waals surface area contributed by atoms with Crippen molar-refractivity contribution in [2.24, 2.45) is 0 Å². The summed E-state index contributed by atoms with van der Waals surface area (Å²) in [4.78, 5) is 15.4. The molecule has 7 heteroatoms. The topological polar surface area (TPSA) is 112 Å². The van der Waals surface area contributed by atoms with E-state index in [0.717, 1.165) is 0 Å². The van der Waals surface area contributed by atoms with E-state index in [1.807, 2.05) is 0 Å². The van der Waals surface area contributed by atoms with Crippen LogP contribution in [0.4, 0.5) is 4.79 Å². The molecule has 0 aliphatic heterocycles. The highest BCUT2D eigenvalue weighted by Crippen LogP contribution is 2.16. The van der Waals surface area contributed by atoms with Crippen molar-refractivity contribution >= 4 is 6.09 Å². The van der Waals surface area contributed by atoms with Gasteiger partial charge >= 0.3 is 6.09 Å². The highest BCUT2D eigenvalue weighted by molar-refractivity contribution is 5.67. The summed E-state index contributed by atoms with van der Waals surface area (Å²) in [5.74, 6) is 0. The molecule has 118 valence electrons. The number of aliphatic hydroxyl groups is 3. The summed E-state index contributed by atoms with van der Waals surface area (Å²) in [7, 11) is 0. The third kappa shape index (κ3) is 6.07. The molecular formula is C14H22N2O5. The Labute approximate surface area is 123 Å². The van der Waals surface area contributed by atoms with Gasteiger partial charge in [-0.15, -0.1) is 0 Å². The van der Waals surface area contributed by atoms with Crippen LogP contribution in [0.2, 0.25) is 0 Å². The molecule has 7 nitrogen and oxygen atoms in total. The Balaban J connectivity index is 2.50. The zero-order valence-electron chi connectivity index (χ0n) is 12.4. The van der Waals surface area contributed by atoms with E-state index >= 15 is 0 Å². The molecule has 2 atom stereocenters. The Bertz CT molecular complexity index is 455. The maximum atomic E-state index is 11.4. The van der Waals surface area contributed by atoms with E-state index in [0.29, 0.717) is 11.3 Å². The largest absolute Gasteiger partial charge is 0.444 e. The van der Waals surface area contributed by atoms with E-state index in [1.54, 1.807) is 32.9 Å². The highest BCUT2D eigenvalue weighted by atomic mass is 16.6. The zero-order chi connectivity index (χ0) is 16.0. The van der Waals surface area contributed by atoms with E-state index in [-0.39, 0.29) is 13.2 Å². The predicted molar refractivity (Wildman–Crippen MR) is 75.4 cm³/mol. The van der Waals surface area contributed by atoms with Crippen LogP contribution in [0.25, 0.3) is 0 Å². The molecule has 0 aromatic carbocycles. The summed E-state index contributed by atoms with van der Waals surface area (Å²) in [6, 6.07) is 3.10. The molecule has 0 aliphatic carbocycles. The van der Waals surface area contributed by atoms with Crippen LogP contribution in [0.1, 0.15) is 38.1 Å². The summed E-state index contributed by atoms with van der Waals surface area (Å²) >= 11 is 0. The fourth-order valence-electron chi connectivity index (χ4n) is 1.54. The number of hydrogen-bond acceptors (Lipinski definition) is 6. The lowest BCUT2D eigenvalue weighted by Crippen LogP contribution is -2.38. The smallest absolute Gasteiger partial charge is 0.407 e. The van der Waals surface area contributed by atoms with Crippen molar-refractivity contribution in [2.45, 2.75) is 45.2 Å². The Morgan fingerprint density at radius 2 is 2.05 bits per heavy atom. The summed E-state index contributed by atoms with van der Waals surface area (Å²) in [6.07, 6.45) is -1.69. The number of rotatable bonds is 5. The van der Waals surface area contributed by atoms with Gasteiger partial charge in [-0.1, -0.05) is 6.07 Å². The van der Waals surface area contributed by atoms with Crippen LogP contribution in [0.5, 0.6) is 0 Å². The number of amides is 1. The number of nitrogens with one attached hydrogen (secondary N) is 1. The Hall–Kier alpha value is -1.70. The van der Waals surface area contributed by atoms with Gasteiger partial charge in [0.25, 0.3) is 0 Å². The van der Waals surface area contributed by atoms with E-state index in [1.165, 1.54) is 6.20 Å². The van der Waals surface area contributed by atoms with Gasteiger partial charge in [-0.3, -0.25) is 4.98 Å². The van der Waals surface area contributed by atoms with Crippen molar-refractivity contribution in [3.05, 3.63) is 29.6 Å². The van der Waals surface area contributed by atoms with E-state index in [4.69, 9.17) is 9.84 Å². The van der Waals surface area contributed by atoms with E-state index in [9.17, 15) is 15.0 Å². The molecule has 2 unspecified atom stereocenters. The quantitative estimate of drug-likeness (QED) is 0.629. The molecule has 1 aromatic rings. The van der Waals surface area contributed by atoms with Crippen molar-refractivity contribution in [3.8, 4) is 0 Å². The molecule has 0 spiro atoms. The standard InChI is InChI=1S/C14H22N2O5/c1-14(2,3)21-13(20)16-7-11(18)12(19)9-4-5-10(8-17)15-6-9/h4-6,11-12,17-19H,7-8H2,1-3H3,(H,16,20). The number of carbonyl (C=O) groups is 1. The van der Waals surface area contributed by atoms with Crippen molar-refractivity contribution in [3.63, 3.8) is 0 Å². The molecule has 1 heterocycles. The summed E-state index contributed by atoms with van der Waals surface area (Å²) in [5, 5.41) is 31.1. The van der Waals surface area contributed by atoms with Crippen LogP contribution in [-0.2, 0) is 11.3 Å². The summed E-state index contributed by atoms with van der Waals surface area (Å²) in [6.45, 7) is 4.83. The SMILES string of the molecule is CC(C)(C)OC(=O)NCC(O)C(O)c1ccc(CO)nc1. The van der Waals surface area contributed by atoms with Crippen molar-refractivity contribution in [1.29, 1.82) is 0 Å². The van der Waals surface area contributed by atoms with Crippen LogP contribution in [0.15, 0.2) is 18.3 Å². The first-order chi connectivity index (χ1) is 9.73. The number of aromatic nitrogens is 1.